The third-order valence-electron chi connectivity index (χ3n) is 4.50. The highest BCUT2D eigenvalue weighted by Crippen LogP contribution is 2.25. The van der Waals surface area contributed by atoms with E-state index in [1.807, 2.05) is 56.3 Å². The molecule has 0 atom stereocenters. The molecule has 0 aliphatic heterocycles. The molecule has 148 valence electrons. The average Bonchev–Trinajstić information content (AvgIpc) is 2.94. The molecule has 2 aromatic carbocycles. The van der Waals surface area contributed by atoms with Crippen molar-refractivity contribution in [2.45, 2.75) is 46.1 Å². The Kier molecular flexibility index (Phi) is 5.61. The van der Waals surface area contributed by atoms with Crippen molar-refractivity contribution in [2.75, 3.05) is 11.9 Å². The highest BCUT2D eigenvalue weighted by molar-refractivity contribution is 7.16. The summed E-state index contributed by atoms with van der Waals surface area (Å²) in [5.74, 6) is 0.417. The number of hydrogen-bond donors (Lipinski definition) is 1. The Labute approximate surface area is 169 Å². The maximum Gasteiger partial charge on any atom is 0.308 e. The number of nitrogens with one attached hydrogen (secondary N) is 1. The summed E-state index contributed by atoms with van der Waals surface area (Å²) in [5, 5.41) is 2.83. The van der Waals surface area contributed by atoms with Crippen molar-refractivity contribution in [3.63, 3.8) is 0 Å². The van der Waals surface area contributed by atoms with Crippen molar-refractivity contribution in [1.29, 1.82) is 0 Å². The number of nitrogens with zero attached hydrogens (tertiary/aromatic N) is 1. The predicted molar refractivity (Wildman–Crippen MR) is 116 cm³/mol. The molecule has 5 nitrogen and oxygen atoms in total. The lowest BCUT2D eigenvalue weighted by Gasteiger charge is -2.19. The van der Waals surface area contributed by atoms with Crippen molar-refractivity contribution < 1.29 is 9.53 Å². The van der Waals surface area contributed by atoms with Crippen LogP contribution in [-0.2, 0) is 10.2 Å². The van der Waals surface area contributed by atoms with E-state index in [0.717, 1.165) is 10.2 Å². The minimum absolute atomic E-state index is 0.00973. The second kappa shape index (κ2) is 7.80. The molecule has 3 rings (SSSR count). The Balaban J connectivity index is 1.64. The van der Waals surface area contributed by atoms with Gasteiger partial charge in [0.1, 0.15) is 5.75 Å². The predicted octanol–water partition coefficient (Wildman–Crippen LogP) is 4.96. The van der Waals surface area contributed by atoms with Gasteiger partial charge in [0, 0.05) is 11.7 Å². The third-order valence-corrected chi connectivity index (χ3v) is 5.42. The fourth-order valence-electron chi connectivity index (χ4n) is 3.00. The Morgan fingerprint density at radius 2 is 1.82 bits per heavy atom. The maximum atomic E-state index is 12.2. The van der Waals surface area contributed by atoms with Gasteiger partial charge in [0.05, 0.1) is 10.2 Å². The lowest BCUT2D eigenvalue weighted by molar-refractivity contribution is -0.118. The van der Waals surface area contributed by atoms with Crippen LogP contribution < -0.4 is 14.9 Å². The van der Waals surface area contributed by atoms with Gasteiger partial charge in [-0.2, -0.15) is 0 Å². The van der Waals surface area contributed by atoms with Crippen LogP contribution in [0.2, 0.25) is 0 Å². The normalized spacial score (nSPS) is 11.8. The fourth-order valence-corrected chi connectivity index (χ4v) is 4.05. The SMILES string of the molecule is CC(C)n1c(=O)sc2cc(NC(=O)COc3ccc(C(C)(C)C)cc3)ccc21. The first kappa shape index (κ1) is 20.1. The summed E-state index contributed by atoms with van der Waals surface area (Å²) in [6.45, 7) is 10.3. The first-order valence-electron chi connectivity index (χ1n) is 9.33. The second-order valence-corrected chi connectivity index (χ2v) is 9.12. The van der Waals surface area contributed by atoms with Gasteiger partial charge >= 0.3 is 4.87 Å². The number of carbonyl (C=O) groups is 1. The molecule has 1 amide bonds. The molecule has 0 radical (unpaired) electrons. The van der Waals surface area contributed by atoms with Crippen LogP contribution in [-0.4, -0.2) is 17.1 Å². The van der Waals surface area contributed by atoms with Gasteiger partial charge < -0.3 is 10.1 Å². The van der Waals surface area contributed by atoms with Crippen LogP contribution in [0.1, 0.15) is 46.2 Å². The monoisotopic (exact) mass is 398 g/mol. The quantitative estimate of drug-likeness (QED) is 0.661. The number of ether oxygens (including phenoxy) is 1. The van der Waals surface area contributed by atoms with Gasteiger partial charge in [0.15, 0.2) is 6.61 Å². The van der Waals surface area contributed by atoms with Crippen LogP contribution in [0.5, 0.6) is 5.75 Å². The van der Waals surface area contributed by atoms with E-state index in [9.17, 15) is 9.59 Å². The number of carbonyl (C=O) groups excluding carboxylic acids is 1. The molecule has 1 heterocycles. The molecule has 0 unspecified atom stereocenters. The molecule has 28 heavy (non-hydrogen) atoms. The Bertz CT molecular complexity index is 1040. The van der Waals surface area contributed by atoms with Crippen molar-refractivity contribution in [3.8, 4) is 5.75 Å². The number of fused-ring (bicyclic) bond motifs is 1. The summed E-state index contributed by atoms with van der Waals surface area (Å²) in [6.07, 6.45) is 0. The van der Waals surface area contributed by atoms with Crippen molar-refractivity contribution in [3.05, 3.63) is 57.7 Å². The molecule has 6 heteroatoms. The van der Waals surface area contributed by atoms with E-state index in [1.54, 1.807) is 4.57 Å². The molecule has 1 N–H and O–H groups in total. The van der Waals surface area contributed by atoms with Crippen LogP contribution in [0.25, 0.3) is 10.2 Å². The zero-order chi connectivity index (χ0) is 20.5. The number of aromatic nitrogens is 1. The summed E-state index contributed by atoms with van der Waals surface area (Å²) >= 11 is 1.19. The summed E-state index contributed by atoms with van der Waals surface area (Å²) in [5.41, 5.74) is 2.83. The smallest absolute Gasteiger partial charge is 0.308 e. The summed E-state index contributed by atoms with van der Waals surface area (Å²) in [7, 11) is 0. The Morgan fingerprint density at radius 1 is 1.14 bits per heavy atom. The molecule has 0 spiro atoms. The van der Waals surface area contributed by atoms with Gasteiger partial charge in [-0.3, -0.25) is 14.2 Å². The van der Waals surface area contributed by atoms with E-state index in [-0.39, 0.29) is 28.8 Å². The van der Waals surface area contributed by atoms with Crippen molar-refractivity contribution >= 4 is 33.1 Å². The zero-order valence-electron chi connectivity index (χ0n) is 16.9. The van der Waals surface area contributed by atoms with E-state index in [2.05, 4.69) is 26.1 Å². The molecule has 3 aromatic rings. The molecular weight excluding hydrogens is 372 g/mol. The Hall–Kier alpha value is -2.60. The largest absolute Gasteiger partial charge is 0.484 e. The van der Waals surface area contributed by atoms with Gasteiger partial charge in [0.25, 0.3) is 5.91 Å². The standard InChI is InChI=1S/C22H26N2O3S/c1-14(2)24-18-11-8-16(12-19(18)28-21(24)26)23-20(25)13-27-17-9-6-15(7-10-17)22(3,4)5/h6-12,14H,13H2,1-5H3,(H,23,25). The third kappa shape index (κ3) is 4.44. The van der Waals surface area contributed by atoms with Gasteiger partial charge in [0.2, 0.25) is 0 Å². The number of hydrogen-bond acceptors (Lipinski definition) is 4. The van der Waals surface area contributed by atoms with Crippen LogP contribution in [0.4, 0.5) is 5.69 Å². The van der Waals surface area contributed by atoms with Crippen LogP contribution in [0, 0.1) is 0 Å². The van der Waals surface area contributed by atoms with Gasteiger partial charge in [-0.1, -0.05) is 44.2 Å². The molecule has 0 aliphatic carbocycles. The van der Waals surface area contributed by atoms with Gasteiger partial charge in [-0.05, 0) is 55.2 Å². The van der Waals surface area contributed by atoms with Crippen LogP contribution in [0.15, 0.2) is 47.3 Å². The molecule has 0 bridgehead atoms. The number of amides is 1. The second-order valence-electron chi connectivity index (χ2n) is 8.13. The number of benzene rings is 2. The molecule has 0 saturated heterocycles. The minimum atomic E-state index is -0.241. The topological polar surface area (TPSA) is 60.3 Å². The number of anilines is 1. The fraction of sp³-hybridized carbons (Fsp3) is 0.364. The lowest BCUT2D eigenvalue weighted by atomic mass is 9.87. The van der Waals surface area contributed by atoms with Gasteiger partial charge in [-0.15, -0.1) is 0 Å². The lowest BCUT2D eigenvalue weighted by Crippen LogP contribution is -2.20. The van der Waals surface area contributed by atoms with Gasteiger partial charge in [-0.25, -0.2) is 0 Å². The summed E-state index contributed by atoms with van der Waals surface area (Å²) in [4.78, 5) is 24.4. The minimum Gasteiger partial charge on any atom is -0.484 e. The van der Waals surface area contributed by atoms with E-state index >= 15 is 0 Å². The molecule has 1 aromatic heterocycles. The molecular formula is C22H26N2O3S. The molecule has 0 saturated carbocycles. The number of rotatable bonds is 5. The zero-order valence-corrected chi connectivity index (χ0v) is 17.7. The molecule has 0 fully saturated rings. The van der Waals surface area contributed by atoms with Crippen molar-refractivity contribution in [2.24, 2.45) is 0 Å². The van der Waals surface area contributed by atoms with E-state index in [0.29, 0.717) is 11.4 Å². The first-order chi connectivity index (χ1) is 13.1. The van der Waals surface area contributed by atoms with Crippen molar-refractivity contribution in [1.82, 2.24) is 4.57 Å². The summed E-state index contributed by atoms with van der Waals surface area (Å²) < 4.78 is 8.20. The van der Waals surface area contributed by atoms with E-state index < -0.39 is 0 Å². The molecule has 0 aliphatic rings. The average molecular weight is 399 g/mol. The Morgan fingerprint density at radius 3 is 2.43 bits per heavy atom. The maximum absolute atomic E-state index is 12.2. The number of thiazole rings is 1. The van der Waals surface area contributed by atoms with Crippen LogP contribution in [0.3, 0.4) is 0 Å². The summed E-state index contributed by atoms with van der Waals surface area (Å²) in [6, 6.07) is 13.4. The van der Waals surface area contributed by atoms with E-state index in [1.165, 1.54) is 16.9 Å². The van der Waals surface area contributed by atoms with E-state index in [4.69, 9.17) is 4.74 Å². The highest BCUT2D eigenvalue weighted by atomic mass is 32.1. The first-order valence-corrected chi connectivity index (χ1v) is 10.1. The van der Waals surface area contributed by atoms with Crippen LogP contribution >= 0.6 is 11.3 Å². The highest BCUT2D eigenvalue weighted by Gasteiger charge is 2.14.